The molecule has 1 aromatic carbocycles. The van der Waals surface area contributed by atoms with Crippen LogP contribution in [0.4, 0.5) is 5.69 Å². The molecule has 0 aliphatic carbocycles. The van der Waals surface area contributed by atoms with E-state index in [0.717, 1.165) is 0 Å². The zero-order valence-electron chi connectivity index (χ0n) is 9.28. The average Bonchev–Trinajstić information content (AvgIpc) is 2.32. The number of nitrogens with two attached hydrogens (primary N) is 1. The van der Waals surface area contributed by atoms with E-state index in [1.165, 1.54) is 18.2 Å². The lowest BCUT2D eigenvalue weighted by atomic mass is 10.1. The molecule has 3 N–H and O–H groups in total. The lowest BCUT2D eigenvalue weighted by Gasteiger charge is -2.26. The highest BCUT2D eigenvalue weighted by Crippen LogP contribution is 2.29. The summed E-state index contributed by atoms with van der Waals surface area (Å²) >= 11 is 0. The largest absolute Gasteiger partial charge is 0.479 e. The molecule has 8 nitrogen and oxygen atoms in total. The zero-order valence-corrected chi connectivity index (χ0v) is 9.28. The second kappa shape index (κ2) is 4.88. The number of nitro groups is 1. The fourth-order valence-electron chi connectivity index (χ4n) is 1.44. The van der Waals surface area contributed by atoms with E-state index in [-0.39, 0.29) is 28.9 Å². The fraction of sp³-hybridized carbons (Fsp3) is 0.300. The Bertz CT molecular complexity index is 498. The van der Waals surface area contributed by atoms with Crippen LogP contribution in [-0.4, -0.2) is 35.3 Å². The summed E-state index contributed by atoms with van der Waals surface area (Å²) in [5, 5.41) is 22.2. The van der Waals surface area contributed by atoms with Crippen LogP contribution in [0.15, 0.2) is 23.4 Å². The molecule has 0 amide bonds. The summed E-state index contributed by atoms with van der Waals surface area (Å²) in [6, 6.07) is 4.10. The maximum absolute atomic E-state index is 10.9. The van der Waals surface area contributed by atoms with Crippen LogP contribution in [0.3, 0.4) is 0 Å². The summed E-state index contributed by atoms with van der Waals surface area (Å²) in [7, 11) is 0. The van der Waals surface area contributed by atoms with E-state index in [0.29, 0.717) is 13.2 Å². The van der Waals surface area contributed by atoms with Gasteiger partial charge in [0.2, 0.25) is 0 Å². The molecule has 1 heterocycles. The van der Waals surface area contributed by atoms with Crippen molar-refractivity contribution in [1.82, 2.24) is 0 Å². The van der Waals surface area contributed by atoms with Crippen LogP contribution in [0.25, 0.3) is 0 Å². The van der Waals surface area contributed by atoms with Gasteiger partial charge < -0.3 is 20.4 Å². The van der Waals surface area contributed by atoms with Crippen molar-refractivity contribution < 1.29 is 19.6 Å². The first-order chi connectivity index (χ1) is 8.61. The molecule has 1 aliphatic heterocycles. The van der Waals surface area contributed by atoms with E-state index < -0.39 is 4.92 Å². The quantitative estimate of drug-likeness (QED) is 0.264. The number of nitro benzene ring substituents is 1. The van der Waals surface area contributed by atoms with Crippen LogP contribution in [0.2, 0.25) is 0 Å². The van der Waals surface area contributed by atoms with Gasteiger partial charge in [0.15, 0.2) is 11.6 Å². The van der Waals surface area contributed by atoms with Crippen molar-refractivity contribution in [3.63, 3.8) is 0 Å². The zero-order chi connectivity index (χ0) is 13.1. The van der Waals surface area contributed by atoms with Crippen LogP contribution in [-0.2, 0) is 4.74 Å². The minimum atomic E-state index is -0.580. The lowest BCUT2D eigenvalue weighted by Crippen LogP contribution is -2.38. The first kappa shape index (κ1) is 12.1. The second-order valence-electron chi connectivity index (χ2n) is 3.70. The lowest BCUT2D eigenvalue weighted by molar-refractivity contribution is -0.386. The molecule has 96 valence electrons. The molecule has 1 aromatic rings. The van der Waals surface area contributed by atoms with Crippen LogP contribution < -0.4 is 10.5 Å². The molecule has 0 unspecified atom stereocenters. The van der Waals surface area contributed by atoms with Gasteiger partial charge in [-0.25, -0.2) is 0 Å². The molecule has 0 bridgehead atoms. The molecule has 8 heteroatoms. The summed E-state index contributed by atoms with van der Waals surface area (Å²) < 4.78 is 10.3. The van der Waals surface area contributed by atoms with Crippen molar-refractivity contribution in [3.05, 3.63) is 33.9 Å². The third-order valence-corrected chi connectivity index (χ3v) is 2.46. The molecule has 0 radical (unpaired) electrons. The van der Waals surface area contributed by atoms with Crippen LogP contribution in [0.5, 0.6) is 5.75 Å². The van der Waals surface area contributed by atoms with E-state index >= 15 is 0 Å². The minimum Gasteiger partial charge on any atom is -0.479 e. The van der Waals surface area contributed by atoms with Gasteiger partial charge in [-0.15, -0.1) is 0 Å². The van der Waals surface area contributed by atoms with Crippen LogP contribution in [0, 0.1) is 10.1 Å². The molecular formula is C10H11N3O5. The Morgan fingerprint density at radius 3 is 2.83 bits per heavy atom. The highest BCUT2D eigenvalue weighted by Gasteiger charge is 2.25. The fourth-order valence-corrected chi connectivity index (χ4v) is 1.44. The molecule has 0 aromatic heterocycles. The normalized spacial score (nSPS) is 16.1. The van der Waals surface area contributed by atoms with Gasteiger partial charge in [0.1, 0.15) is 6.10 Å². The number of benzene rings is 1. The molecule has 18 heavy (non-hydrogen) atoms. The number of ether oxygens (including phenoxy) is 2. The molecule has 0 saturated carbocycles. The predicted octanol–water partition coefficient (Wildman–Crippen LogP) is 0.467. The average molecular weight is 253 g/mol. The Morgan fingerprint density at radius 1 is 1.61 bits per heavy atom. The van der Waals surface area contributed by atoms with E-state index in [4.69, 9.17) is 20.4 Å². The minimum absolute atomic E-state index is 0.141. The molecule has 1 saturated heterocycles. The number of nitrogens with zero attached hydrogens (tertiary/aromatic N) is 2. The second-order valence-corrected chi connectivity index (χ2v) is 3.70. The number of hydrogen-bond donors (Lipinski definition) is 2. The van der Waals surface area contributed by atoms with Gasteiger partial charge in [-0.2, -0.15) is 0 Å². The van der Waals surface area contributed by atoms with Crippen molar-refractivity contribution in [1.29, 1.82) is 0 Å². The van der Waals surface area contributed by atoms with Gasteiger partial charge in [-0.05, 0) is 12.1 Å². The molecule has 0 atom stereocenters. The number of oxime groups is 1. The van der Waals surface area contributed by atoms with Crippen molar-refractivity contribution in [3.8, 4) is 5.75 Å². The van der Waals surface area contributed by atoms with Gasteiger partial charge in [0.05, 0.1) is 18.1 Å². The van der Waals surface area contributed by atoms with Crippen LogP contribution in [0.1, 0.15) is 5.56 Å². The SMILES string of the molecule is N/C(=N/O)c1ccc(OC2COC2)c([N+](=O)[O-])c1. The van der Waals surface area contributed by atoms with Gasteiger partial charge in [0.25, 0.3) is 0 Å². The van der Waals surface area contributed by atoms with Crippen molar-refractivity contribution in [2.45, 2.75) is 6.10 Å². The molecular weight excluding hydrogens is 242 g/mol. The third-order valence-electron chi connectivity index (χ3n) is 2.46. The number of rotatable bonds is 4. The van der Waals surface area contributed by atoms with Gasteiger partial charge in [0, 0.05) is 11.6 Å². The topological polar surface area (TPSA) is 120 Å². The summed E-state index contributed by atoms with van der Waals surface area (Å²) in [5.41, 5.74) is 5.39. The highest BCUT2D eigenvalue weighted by molar-refractivity contribution is 5.97. The van der Waals surface area contributed by atoms with E-state index in [1.54, 1.807) is 0 Å². The maximum atomic E-state index is 10.9. The van der Waals surface area contributed by atoms with Gasteiger partial charge >= 0.3 is 5.69 Å². The Balaban J connectivity index is 2.31. The number of amidine groups is 1. The van der Waals surface area contributed by atoms with E-state index in [9.17, 15) is 10.1 Å². The summed E-state index contributed by atoms with van der Waals surface area (Å²) in [4.78, 5) is 10.3. The number of hydrogen-bond acceptors (Lipinski definition) is 6. The van der Waals surface area contributed by atoms with Gasteiger partial charge in [-0.1, -0.05) is 5.16 Å². The van der Waals surface area contributed by atoms with Crippen LogP contribution >= 0.6 is 0 Å². The Morgan fingerprint density at radius 2 is 2.33 bits per heavy atom. The molecule has 1 fully saturated rings. The Hall–Kier alpha value is -2.35. The summed E-state index contributed by atoms with van der Waals surface area (Å²) in [6.07, 6.45) is -0.168. The highest BCUT2D eigenvalue weighted by atomic mass is 16.6. The van der Waals surface area contributed by atoms with Crippen molar-refractivity contribution in [2.24, 2.45) is 10.9 Å². The first-order valence-electron chi connectivity index (χ1n) is 5.12. The van der Waals surface area contributed by atoms with E-state index in [2.05, 4.69) is 5.16 Å². The summed E-state index contributed by atoms with van der Waals surface area (Å²) in [6.45, 7) is 0.832. The monoisotopic (exact) mass is 253 g/mol. The predicted molar refractivity (Wildman–Crippen MR) is 60.8 cm³/mol. The van der Waals surface area contributed by atoms with Crippen molar-refractivity contribution in [2.75, 3.05) is 13.2 Å². The molecule has 0 spiro atoms. The standard InChI is InChI=1S/C10H11N3O5/c11-10(12-14)6-1-2-9(8(3-6)13(15)16)18-7-4-17-5-7/h1-3,7,14H,4-5H2,(H2,11,12). The van der Waals surface area contributed by atoms with Gasteiger partial charge in [-0.3, -0.25) is 10.1 Å². The molecule has 1 aliphatic rings. The molecule has 2 rings (SSSR count). The van der Waals surface area contributed by atoms with Crippen molar-refractivity contribution >= 4 is 11.5 Å². The Kier molecular flexibility index (Phi) is 3.28. The first-order valence-corrected chi connectivity index (χ1v) is 5.12. The smallest absolute Gasteiger partial charge is 0.311 e. The maximum Gasteiger partial charge on any atom is 0.311 e. The summed E-state index contributed by atoms with van der Waals surface area (Å²) in [5.74, 6) is -0.0561. The van der Waals surface area contributed by atoms with E-state index in [1.807, 2.05) is 0 Å². The Labute approximate surface area is 102 Å². The third kappa shape index (κ3) is 2.33.